The molecule has 0 aromatic heterocycles. The van der Waals surface area contributed by atoms with Gasteiger partial charge in [-0.05, 0) is 42.3 Å². The summed E-state index contributed by atoms with van der Waals surface area (Å²) in [4.78, 5) is 0. The van der Waals surface area contributed by atoms with Crippen molar-refractivity contribution < 1.29 is 9.13 Å². The molecule has 1 heterocycles. The van der Waals surface area contributed by atoms with Gasteiger partial charge in [-0.1, -0.05) is 35.9 Å². The molecule has 3 rings (SSSR count). The van der Waals surface area contributed by atoms with Crippen molar-refractivity contribution in [3.8, 4) is 0 Å². The molecule has 0 aliphatic carbocycles. The Balaban J connectivity index is 1.89. The predicted molar refractivity (Wildman–Crippen MR) is 81.8 cm³/mol. The van der Waals surface area contributed by atoms with Gasteiger partial charge in [0.05, 0.1) is 13.2 Å². The summed E-state index contributed by atoms with van der Waals surface area (Å²) in [5, 5.41) is 3.72. The van der Waals surface area contributed by atoms with Crippen LogP contribution in [0.2, 0.25) is 5.02 Å². The average Bonchev–Trinajstić information content (AvgIpc) is 2.94. The zero-order valence-corrected chi connectivity index (χ0v) is 12.6. The molecule has 0 spiro atoms. The zero-order chi connectivity index (χ0) is 14.8. The van der Waals surface area contributed by atoms with E-state index in [1.807, 2.05) is 7.05 Å². The van der Waals surface area contributed by atoms with Gasteiger partial charge in [-0.15, -0.1) is 0 Å². The number of rotatable bonds is 4. The van der Waals surface area contributed by atoms with Crippen LogP contribution in [0.1, 0.15) is 28.3 Å². The number of benzene rings is 2. The van der Waals surface area contributed by atoms with Gasteiger partial charge in [0, 0.05) is 16.6 Å². The van der Waals surface area contributed by atoms with Crippen LogP contribution >= 0.6 is 11.6 Å². The smallest absolute Gasteiger partial charge is 0.127 e. The molecule has 21 heavy (non-hydrogen) atoms. The SMILES string of the molecule is CNC(Cc1c(F)cccc1Cl)c1ccc2c(c1)COC2. The van der Waals surface area contributed by atoms with Crippen LogP contribution in [-0.4, -0.2) is 7.05 Å². The number of nitrogens with one attached hydrogen (secondary N) is 1. The van der Waals surface area contributed by atoms with Gasteiger partial charge in [-0.3, -0.25) is 0 Å². The van der Waals surface area contributed by atoms with E-state index in [1.54, 1.807) is 12.1 Å². The minimum absolute atomic E-state index is 0.0188. The first-order valence-corrected chi connectivity index (χ1v) is 7.36. The van der Waals surface area contributed by atoms with Gasteiger partial charge in [-0.2, -0.15) is 0 Å². The first-order chi connectivity index (χ1) is 10.2. The Morgan fingerprint density at radius 2 is 2.05 bits per heavy atom. The van der Waals surface area contributed by atoms with Crippen molar-refractivity contribution in [3.63, 3.8) is 0 Å². The maximum absolute atomic E-state index is 14.0. The molecule has 0 radical (unpaired) electrons. The van der Waals surface area contributed by atoms with Crippen molar-refractivity contribution in [2.45, 2.75) is 25.7 Å². The van der Waals surface area contributed by atoms with Crippen LogP contribution in [0.25, 0.3) is 0 Å². The van der Waals surface area contributed by atoms with Gasteiger partial charge in [-0.25, -0.2) is 4.39 Å². The van der Waals surface area contributed by atoms with Crippen LogP contribution in [0.4, 0.5) is 4.39 Å². The maximum Gasteiger partial charge on any atom is 0.127 e. The molecule has 1 aliphatic heterocycles. The van der Waals surface area contributed by atoms with Crippen LogP contribution in [0, 0.1) is 5.82 Å². The second kappa shape index (κ2) is 6.14. The summed E-state index contributed by atoms with van der Waals surface area (Å²) in [5.74, 6) is -0.257. The summed E-state index contributed by atoms with van der Waals surface area (Å²) in [6.45, 7) is 1.33. The summed E-state index contributed by atoms with van der Waals surface area (Å²) in [6, 6.07) is 11.1. The van der Waals surface area contributed by atoms with Crippen LogP contribution in [0.3, 0.4) is 0 Å². The van der Waals surface area contributed by atoms with Crippen molar-refractivity contribution in [3.05, 3.63) is 69.5 Å². The second-order valence-electron chi connectivity index (χ2n) is 5.27. The monoisotopic (exact) mass is 305 g/mol. The normalized spacial score (nSPS) is 15.0. The van der Waals surface area contributed by atoms with E-state index in [-0.39, 0.29) is 11.9 Å². The van der Waals surface area contributed by atoms with Crippen LogP contribution in [-0.2, 0) is 24.4 Å². The van der Waals surface area contributed by atoms with E-state index in [2.05, 4.69) is 23.5 Å². The molecule has 0 bridgehead atoms. The van der Waals surface area contributed by atoms with Crippen molar-refractivity contribution in [2.24, 2.45) is 0 Å². The zero-order valence-electron chi connectivity index (χ0n) is 11.8. The largest absolute Gasteiger partial charge is 0.372 e. The van der Waals surface area contributed by atoms with Gasteiger partial charge in [0.25, 0.3) is 0 Å². The predicted octanol–water partition coefficient (Wildman–Crippen LogP) is 4.01. The van der Waals surface area contributed by atoms with Gasteiger partial charge >= 0.3 is 0 Å². The fraction of sp³-hybridized carbons (Fsp3) is 0.294. The Hall–Kier alpha value is -1.42. The lowest BCUT2D eigenvalue weighted by atomic mass is 9.96. The first kappa shape index (κ1) is 14.5. The molecule has 0 amide bonds. The summed E-state index contributed by atoms with van der Waals surface area (Å²) < 4.78 is 19.4. The quantitative estimate of drug-likeness (QED) is 0.921. The van der Waals surface area contributed by atoms with Crippen molar-refractivity contribution in [1.82, 2.24) is 5.32 Å². The van der Waals surface area contributed by atoms with Gasteiger partial charge < -0.3 is 10.1 Å². The molecule has 0 saturated heterocycles. The van der Waals surface area contributed by atoms with E-state index < -0.39 is 0 Å². The van der Waals surface area contributed by atoms with E-state index in [4.69, 9.17) is 16.3 Å². The third kappa shape index (κ3) is 2.95. The third-order valence-electron chi connectivity index (χ3n) is 3.97. The van der Waals surface area contributed by atoms with E-state index in [0.29, 0.717) is 30.2 Å². The molecule has 2 nitrogen and oxygen atoms in total. The molecular weight excluding hydrogens is 289 g/mol. The molecule has 2 aromatic rings. The molecule has 0 fully saturated rings. The highest BCUT2D eigenvalue weighted by molar-refractivity contribution is 6.31. The molecule has 0 saturated carbocycles. The number of hydrogen-bond acceptors (Lipinski definition) is 2. The third-order valence-corrected chi connectivity index (χ3v) is 4.32. The summed E-state index contributed by atoms with van der Waals surface area (Å²) in [6.07, 6.45) is 0.516. The molecule has 1 aliphatic rings. The number of halogens is 2. The molecule has 2 aromatic carbocycles. The Morgan fingerprint density at radius 1 is 1.24 bits per heavy atom. The van der Waals surface area contributed by atoms with Crippen LogP contribution < -0.4 is 5.32 Å². The van der Waals surface area contributed by atoms with Crippen molar-refractivity contribution in [2.75, 3.05) is 7.05 Å². The number of ether oxygens (including phenoxy) is 1. The average molecular weight is 306 g/mol. The molecule has 1 N–H and O–H groups in total. The van der Waals surface area contributed by atoms with Crippen LogP contribution in [0.5, 0.6) is 0 Å². The number of hydrogen-bond donors (Lipinski definition) is 1. The fourth-order valence-electron chi connectivity index (χ4n) is 2.73. The second-order valence-corrected chi connectivity index (χ2v) is 5.67. The van der Waals surface area contributed by atoms with Gasteiger partial charge in [0.2, 0.25) is 0 Å². The van der Waals surface area contributed by atoms with Crippen molar-refractivity contribution >= 4 is 11.6 Å². The molecule has 1 unspecified atom stereocenters. The Bertz CT molecular complexity index is 639. The minimum Gasteiger partial charge on any atom is -0.372 e. The lowest BCUT2D eigenvalue weighted by Crippen LogP contribution is -2.19. The first-order valence-electron chi connectivity index (χ1n) is 6.98. The summed E-state index contributed by atoms with van der Waals surface area (Å²) in [5.41, 5.74) is 4.13. The van der Waals surface area contributed by atoms with Crippen molar-refractivity contribution in [1.29, 1.82) is 0 Å². The standard InChI is InChI=1S/C17H17ClFNO/c1-20-17(8-14-15(18)3-2-4-16(14)19)11-5-6-12-9-21-10-13(12)7-11/h2-7,17,20H,8-10H2,1H3. The van der Waals surface area contributed by atoms with E-state index in [0.717, 1.165) is 5.56 Å². The number of fused-ring (bicyclic) bond motifs is 1. The van der Waals surface area contributed by atoms with Gasteiger partial charge in [0.1, 0.15) is 5.82 Å². The van der Waals surface area contributed by atoms with E-state index >= 15 is 0 Å². The Kier molecular flexibility index (Phi) is 4.24. The summed E-state index contributed by atoms with van der Waals surface area (Å²) in [7, 11) is 1.88. The maximum atomic E-state index is 14.0. The lowest BCUT2D eigenvalue weighted by molar-refractivity contribution is 0.134. The fourth-order valence-corrected chi connectivity index (χ4v) is 2.97. The van der Waals surface area contributed by atoms with E-state index in [9.17, 15) is 4.39 Å². The van der Waals surface area contributed by atoms with E-state index in [1.165, 1.54) is 17.2 Å². The summed E-state index contributed by atoms with van der Waals surface area (Å²) >= 11 is 6.12. The highest BCUT2D eigenvalue weighted by Gasteiger charge is 2.18. The van der Waals surface area contributed by atoms with Crippen LogP contribution in [0.15, 0.2) is 36.4 Å². The van der Waals surface area contributed by atoms with Gasteiger partial charge in [0.15, 0.2) is 0 Å². The number of likely N-dealkylation sites (N-methyl/N-ethyl adjacent to an activating group) is 1. The molecule has 110 valence electrons. The Morgan fingerprint density at radius 3 is 2.81 bits per heavy atom. The Labute approximate surface area is 128 Å². The topological polar surface area (TPSA) is 21.3 Å². The minimum atomic E-state index is -0.257. The molecule has 4 heteroatoms. The lowest BCUT2D eigenvalue weighted by Gasteiger charge is -2.19. The molecular formula is C17H17ClFNO. The molecule has 1 atom stereocenters. The highest BCUT2D eigenvalue weighted by Crippen LogP contribution is 2.28. The highest BCUT2D eigenvalue weighted by atomic mass is 35.5.